The topological polar surface area (TPSA) is 69.6 Å². The van der Waals surface area contributed by atoms with Crippen LogP contribution in [0.2, 0.25) is 0 Å². The molecule has 1 aliphatic carbocycles. The molecule has 2 aliphatic rings. The van der Waals surface area contributed by atoms with E-state index in [-0.39, 0.29) is 30.4 Å². The van der Waals surface area contributed by atoms with Gasteiger partial charge in [0.05, 0.1) is 6.61 Å². The Bertz CT molecular complexity index is 586. The van der Waals surface area contributed by atoms with Crippen LogP contribution in [0.4, 0.5) is 0 Å². The molecule has 2 fully saturated rings. The minimum absolute atomic E-state index is 0.0393. The number of aliphatic hydroxyl groups excluding tert-OH is 1. The van der Waals surface area contributed by atoms with E-state index in [2.05, 4.69) is 5.32 Å². The Morgan fingerprint density at radius 1 is 1.21 bits per heavy atom. The van der Waals surface area contributed by atoms with Crippen LogP contribution in [0.3, 0.4) is 0 Å². The Labute approximate surface area is 146 Å². The van der Waals surface area contributed by atoms with Gasteiger partial charge in [0.2, 0.25) is 5.91 Å². The number of carbonyl (C=O) groups excluding carboxylic acids is 2. The third-order valence-corrected chi connectivity index (χ3v) is 5.46. The van der Waals surface area contributed by atoms with E-state index >= 15 is 0 Å². The molecular formula is C18H24N2O3S. The molecule has 130 valence electrons. The molecular weight excluding hydrogens is 324 g/mol. The van der Waals surface area contributed by atoms with Crippen molar-refractivity contribution in [3.8, 4) is 0 Å². The van der Waals surface area contributed by atoms with Gasteiger partial charge < -0.3 is 15.3 Å². The van der Waals surface area contributed by atoms with Crippen molar-refractivity contribution in [1.29, 1.82) is 0 Å². The van der Waals surface area contributed by atoms with Gasteiger partial charge in [-0.05, 0) is 49.9 Å². The highest BCUT2D eigenvalue weighted by Gasteiger charge is 2.35. The Kier molecular flexibility index (Phi) is 5.79. The van der Waals surface area contributed by atoms with Crippen molar-refractivity contribution < 1.29 is 14.7 Å². The summed E-state index contributed by atoms with van der Waals surface area (Å²) in [6.07, 6.45) is 3.91. The summed E-state index contributed by atoms with van der Waals surface area (Å²) in [6.45, 7) is 1.59. The number of nitrogens with zero attached hydrogens (tertiary/aromatic N) is 1. The number of piperidine rings is 1. The summed E-state index contributed by atoms with van der Waals surface area (Å²) in [7, 11) is 0. The molecule has 1 aliphatic heterocycles. The number of rotatable bonds is 6. The van der Waals surface area contributed by atoms with Crippen LogP contribution >= 0.6 is 11.8 Å². The first-order valence-corrected chi connectivity index (χ1v) is 9.59. The number of aliphatic hydroxyl groups is 1. The van der Waals surface area contributed by atoms with E-state index in [1.165, 1.54) is 0 Å². The highest BCUT2D eigenvalue weighted by Crippen LogP contribution is 2.31. The van der Waals surface area contributed by atoms with Gasteiger partial charge in [-0.3, -0.25) is 9.59 Å². The number of hydrogen-bond donors (Lipinski definition) is 2. The zero-order valence-corrected chi connectivity index (χ0v) is 14.6. The maximum Gasteiger partial charge on any atom is 0.251 e. The molecule has 3 rings (SSSR count). The first kappa shape index (κ1) is 17.3. The molecule has 2 N–H and O–H groups in total. The minimum atomic E-state index is -0.0839. The lowest BCUT2D eigenvalue weighted by molar-refractivity contribution is -0.133. The number of likely N-dealkylation sites (tertiary alicyclic amines) is 1. The Morgan fingerprint density at radius 2 is 1.96 bits per heavy atom. The Balaban J connectivity index is 1.52. The van der Waals surface area contributed by atoms with Gasteiger partial charge in [-0.25, -0.2) is 0 Å². The smallest absolute Gasteiger partial charge is 0.251 e. The second-order valence-corrected chi connectivity index (χ2v) is 7.64. The van der Waals surface area contributed by atoms with Crippen LogP contribution in [0, 0.1) is 5.92 Å². The second kappa shape index (κ2) is 8.03. The Morgan fingerprint density at radius 3 is 2.62 bits per heavy atom. The maximum atomic E-state index is 12.4. The molecule has 0 radical (unpaired) electrons. The molecule has 1 aromatic carbocycles. The first-order chi connectivity index (χ1) is 11.7. The summed E-state index contributed by atoms with van der Waals surface area (Å²) in [4.78, 5) is 27.5. The summed E-state index contributed by atoms with van der Waals surface area (Å²) >= 11 is 1.56. The van der Waals surface area contributed by atoms with Crippen molar-refractivity contribution >= 4 is 23.6 Å². The summed E-state index contributed by atoms with van der Waals surface area (Å²) in [5.41, 5.74) is 0.633. The fraction of sp³-hybridized carbons (Fsp3) is 0.556. The van der Waals surface area contributed by atoms with Gasteiger partial charge >= 0.3 is 0 Å². The number of carbonyl (C=O) groups is 2. The number of nitrogens with one attached hydrogen (secondary N) is 1. The van der Waals surface area contributed by atoms with E-state index in [4.69, 9.17) is 5.11 Å². The quantitative estimate of drug-likeness (QED) is 0.771. The largest absolute Gasteiger partial charge is 0.396 e. The molecule has 1 saturated carbocycles. The standard InChI is InChI=1S/C18H24N2O3S/c21-10-11-24-16-7-5-13(6-8-16)17(22)19-15-2-1-9-20(12-15)18(23)14-3-4-14/h5-8,14-15,21H,1-4,9-12H2,(H,19,22)/t15-/m1/s1. The van der Waals surface area contributed by atoms with Crippen LogP contribution < -0.4 is 5.32 Å². The molecule has 0 aromatic heterocycles. The van der Waals surface area contributed by atoms with Gasteiger partial charge in [-0.15, -0.1) is 11.8 Å². The monoisotopic (exact) mass is 348 g/mol. The third kappa shape index (κ3) is 4.51. The van der Waals surface area contributed by atoms with Gasteiger partial charge in [0.15, 0.2) is 0 Å². The van der Waals surface area contributed by atoms with E-state index < -0.39 is 0 Å². The summed E-state index contributed by atoms with van der Waals surface area (Å²) in [5, 5.41) is 11.9. The van der Waals surface area contributed by atoms with Crippen molar-refractivity contribution in [2.24, 2.45) is 5.92 Å². The van der Waals surface area contributed by atoms with Crippen LogP contribution in [-0.2, 0) is 4.79 Å². The van der Waals surface area contributed by atoms with Crippen molar-refractivity contribution in [1.82, 2.24) is 10.2 Å². The fourth-order valence-electron chi connectivity index (χ4n) is 3.02. The molecule has 0 spiro atoms. The predicted octanol–water partition coefficient (Wildman–Crippen LogP) is 1.90. The maximum absolute atomic E-state index is 12.4. The Hall–Kier alpha value is -1.53. The van der Waals surface area contributed by atoms with E-state index in [0.717, 1.165) is 37.1 Å². The first-order valence-electron chi connectivity index (χ1n) is 8.61. The normalized spacial score (nSPS) is 20.7. The SMILES string of the molecule is O=C(N[C@@H]1CCCN(C(=O)C2CC2)C1)c1ccc(SCCO)cc1. The highest BCUT2D eigenvalue weighted by atomic mass is 32.2. The predicted molar refractivity (Wildman–Crippen MR) is 94.0 cm³/mol. The summed E-state index contributed by atoms with van der Waals surface area (Å²) < 4.78 is 0. The summed E-state index contributed by atoms with van der Waals surface area (Å²) in [6, 6.07) is 7.46. The van der Waals surface area contributed by atoms with Gasteiger partial charge in [0, 0.05) is 41.3 Å². The van der Waals surface area contributed by atoms with Crippen molar-refractivity contribution in [3.05, 3.63) is 29.8 Å². The molecule has 1 heterocycles. The van der Waals surface area contributed by atoms with Gasteiger partial charge in [0.25, 0.3) is 5.91 Å². The van der Waals surface area contributed by atoms with Crippen LogP contribution in [0.5, 0.6) is 0 Å². The van der Waals surface area contributed by atoms with Gasteiger partial charge in [-0.1, -0.05) is 0 Å². The molecule has 1 saturated heterocycles. The lowest BCUT2D eigenvalue weighted by atomic mass is 10.0. The van der Waals surface area contributed by atoms with Gasteiger partial charge in [0.1, 0.15) is 0 Å². The molecule has 1 atom stereocenters. The number of thioether (sulfide) groups is 1. The summed E-state index contributed by atoms with van der Waals surface area (Å²) in [5.74, 6) is 1.07. The van der Waals surface area contributed by atoms with E-state index in [9.17, 15) is 9.59 Å². The molecule has 1 aromatic rings. The average Bonchev–Trinajstić information content (AvgIpc) is 3.45. The number of hydrogen-bond acceptors (Lipinski definition) is 4. The van der Waals surface area contributed by atoms with Crippen molar-refractivity contribution in [3.63, 3.8) is 0 Å². The second-order valence-electron chi connectivity index (χ2n) is 6.47. The number of benzene rings is 1. The van der Waals surface area contributed by atoms with Crippen molar-refractivity contribution in [2.45, 2.75) is 36.6 Å². The lowest BCUT2D eigenvalue weighted by Crippen LogP contribution is -2.50. The zero-order valence-electron chi connectivity index (χ0n) is 13.7. The minimum Gasteiger partial charge on any atom is -0.396 e. The average molecular weight is 348 g/mol. The van der Waals surface area contributed by atoms with E-state index in [0.29, 0.717) is 17.9 Å². The van der Waals surface area contributed by atoms with Crippen LogP contribution in [-0.4, -0.2) is 53.3 Å². The van der Waals surface area contributed by atoms with Crippen LogP contribution in [0.15, 0.2) is 29.2 Å². The van der Waals surface area contributed by atoms with Gasteiger partial charge in [-0.2, -0.15) is 0 Å². The van der Waals surface area contributed by atoms with E-state index in [1.807, 2.05) is 29.2 Å². The molecule has 6 heteroatoms. The van der Waals surface area contributed by atoms with E-state index in [1.54, 1.807) is 11.8 Å². The van der Waals surface area contributed by atoms with Crippen molar-refractivity contribution in [2.75, 3.05) is 25.4 Å². The molecule has 2 amide bonds. The molecule has 24 heavy (non-hydrogen) atoms. The van der Waals surface area contributed by atoms with Crippen LogP contribution in [0.25, 0.3) is 0 Å². The fourth-order valence-corrected chi connectivity index (χ4v) is 3.67. The third-order valence-electron chi connectivity index (χ3n) is 4.47. The lowest BCUT2D eigenvalue weighted by Gasteiger charge is -2.33. The molecule has 0 unspecified atom stereocenters. The zero-order chi connectivity index (χ0) is 16.9. The molecule has 0 bridgehead atoms. The molecule has 5 nitrogen and oxygen atoms in total. The van der Waals surface area contributed by atoms with Crippen LogP contribution in [0.1, 0.15) is 36.0 Å². The highest BCUT2D eigenvalue weighted by molar-refractivity contribution is 7.99. The number of amides is 2.